The first-order chi connectivity index (χ1) is 9.96. The molecule has 0 saturated carbocycles. The van der Waals surface area contributed by atoms with Crippen molar-refractivity contribution in [2.45, 2.75) is 45.1 Å². The number of anilines is 1. The summed E-state index contributed by atoms with van der Waals surface area (Å²) in [6, 6.07) is 8.50. The molecule has 0 saturated heterocycles. The number of carboxylic acids is 1. The highest BCUT2D eigenvalue weighted by Gasteiger charge is 2.31. The second-order valence-corrected chi connectivity index (χ2v) is 6.30. The van der Waals surface area contributed by atoms with Crippen LogP contribution in [0.2, 0.25) is 0 Å². The van der Waals surface area contributed by atoms with Crippen LogP contribution in [-0.2, 0) is 11.2 Å². The summed E-state index contributed by atoms with van der Waals surface area (Å²) in [5.74, 6) is -0.259. The Bertz CT molecular complexity index is 503. The lowest BCUT2D eigenvalue weighted by atomic mass is 9.90. The Balaban J connectivity index is 1.99. The molecule has 2 atom stereocenters. The SMILES string of the molecule is CCC(N)(CCCN1CC(C)Cc2ccccc21)C(=O)O. The molecule has 1 aromatic rings. The second kappa shape index (κ2) is 6.48. The Morgan fingerprint density at radius 1 is 1.48 bits per heavy atom. The van der Waals surface area contributed by atoms with Crippen molar-refractivity contribution in [3.05, 3.63) is 29.8 Å². The minimum atomic E-state index is -1.08. The van der Waals surface area contributed by atoms with Crippen LogP contribution in [0.4, 0.5) is 5.69 Å². The fraction of sp³-hybridized carbons (Fsp3) is 0.588. The zero-order valence-corrected chi connectivity index (χ0v) is 13.0. The van der Waals surface area contributed by atoms with E-state index in [9.17, 15) is 9.90 Å². The molecule has 1 heterocycles. The van der Waals surface area contributed by atoms with Gasteiger partial charge in [0.05, 0.1) is 0 Å². The Morgan fingerprint density at radius 2 is 2.19 bits per heavy atom. The van der Waals surface area contributed by atoms with Gasteiger partial charge < -0.3 is 15.7 Å². The van der Waals surface area contributed by atoms with Crippen molar-refractivity contribution in [1.29, 1.82) is 0 Å². The normalized spacial score (nSPS) is 20.7. The number of hydrogen-bond acceptors (Lipinski definition) is 3. The average molecular weight is 290 g/mol. The first-order valence-electron chi connectivity index (χ1n) is 7.81. The Kier molecular flexibility index (Phi) is 4.88. The molecule has 1 aromatic carbocycles. The summed E-state index contributed by atoms with van der Waals surface area (Å²) >= 11 is 0. The van der Waals surface area contributed by atoms with Crippen LogP contribution in [0.3, 0.4) is 0 Å². The number of rotatable bonds is 6. The number of aliphatic carboxylic acids is 1. The van der Waals surface area contributed by atoms with E-state index in [-0.39, 0.29) is 0 Å². The lowest BCUT2D eigenvalue weighted by molar-refractivity contribution is -0.143. The number of nitrogens with two attached hydrogens (primary N) is 1. The van der Waals surface area contributed by atoms with Crippen LogP contribution in [-0.4, -0.2) is 29.7 Å². The molecule has 0 amide bonds. The number of carboxylic acid groups (broad SMARTS) is 1. The number of carbonyl (C=O) groups is 1. The highest BCUT2D eigenvalue weighted by molar-refractivity contribution is 5.78. The van der Waals surface area contributed by atoms with Crippen LogP contribution in [0.25, 0.3) is 0 Å². The largest absolute Gasteiger partial charge is 0.480 e. The quantitative estimate of drug-likeness (QED) is 0.845. The molecule has 0 aliphatic carbocycles. The van der Waals surface area contributed by atoms with Gasteiger partial charge in [-0.2, -0.15) is 0 Å². The number of benzene rings is 1. The van der Waals surface area contributed by atoms with Gasteiger partial charge in [-0.15, -0.1) is 0 Å². The fourth-order valence-corrected chi connectivity index (χ4v) is 3.14. The molecule has 21 heavy (non-hydrogen) atoms. The highest BCUT2D eigenvalue weighted by Crippen LogP contribution is 2.29. The number of para-hydroxylation sites is 1. The number of fused-ring (bicyclic) bond motifs is 1. The molecule has 0 radical (unpaired) electrons. The molecule has 116 valence electrons. The van der Waals surface area contributed by atoms with Gasteiger partial charge in [0.15, 0.2) is 0 Å². The molecule has 1 aliphatic heterocycles. The highest BCUT2D eigenvalue weighted by atomic mass is 16.4. The summed E-state index contributed by atoms with van der Waals surface area (Å²) in [6.07, 6.45) is 2.91. The predicted octanol–water partition coefficient (Wildman–Crippen LogP) is 2.66. The smallest absolute Gasteiger partial charge is 0.323 e. The van der Waals surface area contributed by atoms with E-state index in [1.807, 2.05) is 6.92 Å². The van der Waals surface area contributed by atoms with Crippen LogP contribution in [0, 0.1) is 5.92 Å². The van der Waals surface area contributed by atoms with E-state index in [4.69, 9.17) is 5.73 Å². The molecule has 0 bridgehead atoms. The van der Waals surface area contributed by atoms with Gasteiger partial charge in [0.25, 0.3) is 0 Å². The van der Waals surface area contributed by atoms with Crippen molar-refractivity contribution >= 4 is 11.7 Å². The Morgan fingerprint density at radius 3 is 2.86 bits per heavy atom. The topological polar surface area (TPSA) is 66.6 Å². The second-order valence-electron chi connectivity index (χ2n) is 6.30. The first-order valence-corrected chi connectivity index (χ1v) is 7.81. The average Bonchev–Trinajstić information content (AvgIpc) is 2.46. The zero-order chi connectivity index (χ0) is 15.5. The molecule has 1 aliphatic rings. The van der Waals surface area contributed by atoms with Gasteiger partial charge in [-0.25, -0.2) is 0 Å². The van der Waals surface area contributed by atoms with E-state index in [0.717, 1.165) is 25.9 Å². The monoisotopic (exact) mass is 290 g/mol. The van der Waals surface area contributed by atoms with Crippen molar-refractivity contribution in [3.63, 3.8) is 0 Å². The van der Waals surface area contributed by atoms with Crippen molar-refractivity contribution in [2.75, 3.05) is 18.0 Å². The third kappa shape index (κ3) is 3.56. The van der Waals surface area contributed by atoms with Crippen molar-refractivity contribution in [1.82, 2.24) is 0 Å². The van der Waals surface area contributed by atoms with Gasteiger partial charge in [-0.1, -0.05) is 32.0 Å². The van der Waals surface area contributed by atoms with E-state index in [1.54, 1.807) is 0 Å². The summed E-state index contributed by atoms with van der Waals surface area (Å²) in [5.41, 5.74) is 7.57. The van der Waals surface area contributed by atoms with Crippen molar-refractivity contribution in [3.8, 4) is 0 Å². The van der Waals surface area contributed by atoms with Gasteiger partial charge in [0.1, 0.15) is 5.54 Å². The van der Waals surface area contributed by atoms with Gasteiger partial charge in [0, 0.05) is 18.8 Å². The maximum Gasteiger partial charge on any atom is 0.323 e. The maximum absolute atomic E-state index is 11.2. The molecule has 0 spiro atoms. The molecule has 3 N–H and O–H groups in total. The lowest BCUT2D eigenvalue weighted by Crippen LogP contribution is -2.48. The molecule has 4 heteroatoms. The standard InChI is InChI=1S/C17H26N2O2/c1-3-17(18,16(20)21)9-6-10-19-12-13(2)11-14-7-4-5-8-15(14)19/h4-5,7-8,13H,3,6,9-12,18H2,1-2H3,(H,20,21). The van der Waals surface area contributed by atoms with Crippen molar-refractivity contribution < 1.29 is 9.90 Å². The van der Waals surface area contributed by atoms with Crippen LogP contribution < -0.4 is 10.6 Å². The summed E-state index contributed by atoms with van der Waals surface area (Å²) in [6.45, 7) is 6.01. The van der Waals surface area contributed by atoms with Crippen LogP contribution in [0.1, 0.15) is 38.7 Å². The summed E-state index contributed by atoms with van der Waals surface area (Å²) in [5, 5.41) is 9.23. The van der Waals surface area contributed by atoms with E-state index in [0.29, 0.717) is 18.8 Å². The van der Waals surface area contributed by atoms with E-state index in [1.165, 1.54) is 11.3 Å². The van der Waals surface area contributed by atoms with Gasteiger partial charge >= 0.3 is 5.97 Å². The molecular formula is C17H26N2O2. The lowest BCUT2D eigenvalue weighted by Gasteiger charge is -2.35. The minimum absolute atomic E-state index is 0.468. The first kappa shape index (κ1) is 15.8. The number of nitrogens with zero attached hydrogens (tertiary/aromatic N) is 1. The van der Waals surface area contributed by atoms with Gasteiger partial charge in [0.2, 0.25) is 0 Å². The van der Waals surface area contributed by atoms with Crippen LogP contribution in [0.15, 0.2) is 24.3 Å². The molecule has 0 aromatic heterocycles. The summed E-state index contributed by atoms with van der Waals surface area (Å²) in [4.78, 5) is 13.6. The fourth-order valence-electron chi connectivity index (χ4n) is 3.14. The molecule has 2 unspecified atom stereocenters. The number of hydrogen-bond donors (Lipinski definition) is 2. The third-order valence-corrected chi connectivity index (χ3v) is 4.54. The molecular weight excluding hydrogens is 264 g/mol. The van der Waals surface area contributed by atoms with Crippen LogP contribution in [0.5, 0.6) is 0 Å². The van der Waals surface area contributed by atoms with Crippen molar-refractivity contribution in [2.24, 2.45) is 11.7 Å². The van der Waals surface area contributed by atoms with E-state index >= 15 is 0 Å². The van der Waals surface area contributed by atoms with Gasteiger partial charge in [-0.3, -0.25) is 4.79 Å². The molecule has 4 nitrogen and oxygen atoms in total. The minimum Gasteiger partial charge on any atom is -0.480 e. The summed E-state index contributed by atoms with van der Waals surface area (Å²) in [7, 11) is 0. The molecule has 2 rings (SSSR count). The van der Waals surface area contributed by atoms with Crippen LogP contribution >= 0.6 is 0 Å². The van der Waals surface area contributed by atoms with Gasteiger partial charge in [-0.05, 0) is 43.2 Å². The van der Waals surface area contributed by atoms with E-state index in [2.05, 4.69) is 36.1 Å². The Labute approximate surface area is 126 Å². The predicted molar refractivity (Wildman–Crippen MR) is 85.6 cm³/mol. The zero-order valence-electron chi connectivity index (χ0n) is 13.0. The van der Waals surface area contributed by atoms with E-state index < -0.39 is 11.5 Å². The molecule has 0 fully saturated rings. The maximum atomic E-state index is 11.2. The third-order valence-electron chi connectivity index (χ3n) is 4.54. The summed E-state index contributed by atoms with van der Waals surface area (Å²) < 4.78 is 0. The Hall–Kier alpha value is -1.55.